The molecule has 2 N–H and O–H groups in total. The molecule has 0 aliphatic heterocycles. The van der Waals surface area contributed by atoms with E-state index < -0.39 is 0 Å². The summed E-state index contributed by atoms with van der Waals surface area (Å²) >= 11 is 0. The molecule has 0 spiro atoms. The first kappa shape index (κ1) is 13.4. The van der Waals surface area contributed by atoms with Crippen LogP contribution in [-0.2, 0) is 6.54 Å². The lowest BCUT2D eigenvalue weighted by Crippen LogP contribution is -2.30. The third-order valence-corrected chi connectivity index (χ3v) is 3.23. The van der Waals surface area contributed by atoms with Crippen LogP contribution in [0.2, 0.25) is 0 Å². The summed E-state index contributed by atoms with van der Waals surface area (Å²) in [6.07, 6.45) is 3.75. The lowest BCUT2D eigenvalue weighted by Gasteiger charge is -2.30. The van der Waals surface area contributed by atoms with Gasteiger partial charge in [0.05, 0.1) is 0 Å². The van der Waals surface area contributed by atoms with E-state index in [0.717, 1.165) is 12.2 Å². The molecule has 3 nitrogen and oxygen atoms in total. The minimum atomic E-state index is 0.419. The number of nitrogen functional groups attached to an aromatic ring is 1. The van der Waals surface area contributed by atoms with Gasteiger partial charge >= 0.3 is 0 Å². The predicted octanol–water partition coefficient (Wildman–Crippen LogP) is 3.39. The first-order valence-electron chi connectivity index (χ1n) is 6.59. The normalized spacial score (nSPS) is 10.7. The van der Waals surface area contributed by atoms with Crippen molar-refractivity contribution in [2.45, 2.75) is 33.4 Å². The second kappa shape index (κ2) is 5.74. The van der Waals surface area contributed by atoms with Crippen molar-refractivity contribution in [2.24, 2.45) is 0 Å². The zero-order valence-electron chi connectivity index (χ0n) is 11.8. The van der Waals surface area contributed by atoms with Gasteiger partial charge in [0.15, 0.2) is 0 Å². The molecule has 2 rings (SSSR count). The topological polar surface area (TPSA) is 42.2 Å². The van der Waals surface area contributed by atoms with Crippen molar-refractivity contribution in [3.05, 3.63) is 53.9 Å². The molecule has 0 aliphatic rings. The van der Waals surface area contributed by atoms with Crippen LogP contribution >= 0.6 is 0 Å². The number of aryl methyl sites for hydroxylation is 1. The monoisotopic (exact) mass is 255 g/mol. The Morgan fingerprint density at radius 1 is 1.26 bits per heavy atom. The number of anilines is 2. The van der Waals surface area contributed by atoms with Crippen LogP contribution in [0.25, 0.3) is 0 Å². The summed E-state index contributed by atoms with van der Waals surface area (Å²) in [4.78, 5) is 6.53. The zero-order valence-corrected chi connectivity index (χ0v) is 11.8. The third kappa shape index (κ3) is 3.25. The van der Waals surface area contributed by atoms with Crippen molar-refractivity contribution < 1.29 is 0 Å². The number of aromatic nitrogens is 1. The molecule has 0 radical (unpaired) electrons. The molecule has 1 aromatic heterocycles. The lowest BCUT2D eigenvalue weighted by atomic mass is 10.1. The highest BCUT2D eigenvalue weighted by Gasteiger charge is 2.13. The Hall–Kier alpha value is -2.03. The van der Waals surface area contributed by atoms with E-state index >= 15 is 0 Å². The maximum Gasteiger partial charge on any atom is 0.0433 e. The number of hydrogen-bond acceptors (Lipinski definition) is 3. The van der Waals surface area contributed by atoms with E-state index in [2.05, 4.69) is 42.8 Å². The van der Waals surface area contributed by atoms with Gasteiger partial charge in [-0.15, -0.1) is 0 Å². The quantitative estimate of drug-likeness (QED) is 0.851. The van der Waals surface area contributed by atoms with Crippen LogP contribution in [-0.4, -0.2) is 11.0 Å². The van der Waals surface area contributed by atoms with Crippen LogP contribution in [0.1, 0.15) is 25.0 Å². The highest BCUT2D eigenvalue weighted by atomic mass is 15.2. The van der Waals surface area contributed by atoms with E-state index in [1.54, 1.807) is 0 Å². The predicted molar refractivity (Wildman–Crippen MR) is 81.1 cm³/mol. The summed E-state index contributed by atoms with van der Waals surface area (Å²) in [6.45, 7) is 7.35. The van der Waals surface area contributed by atoms with E-state index in [0.29, 0.717) is 6.04 Å². The number of nitrogens with zero attached hydrogens (tertiary/aromatic N) is 2. The second-order valence-corrected chi connectivity index (χ2v) is 5.13. The summed E-state index contributed by atoms with van der Waals surface area (Å²) in [7, 11) is 0. The molecule has 0 aliphatic carbocycles. The maximum atomic E-state index is 5.85. The fourth-order valence-electron chi connectivity index (χ4n) is 2.22. The average molecular weight is 255 g/mol. The van der Waals surface area contributed by atoms with Crippen LogP contribution < -0.4 is 10.6 Å². The van der Waals surface area contributed by atoms with Gasteiger partial charge in [0, 0.05) is 36.4 Å². The number of nitrogens with two attached hydrogens (primary N) is 1. The molecule has 0 atom stereocenters. The molecule has 1 aromatic carbocycles. The molecule has 2 aromatic rings. The van der Waals surface area contributed by atoms with Gasteiger partial charge in [0.2, 0.25) is 0 Å². The van der Waals surface area contributed by atoms with Crippen molar-refractivity contribution >= 4 is 11.4 Å². The van der Waals surface area contributed by atoms with E-state index in [-0.39, 0.29) is 0 Å². The average Bonchev–Trinajstić information content (AvgIpc) is 2.37. The van der Waals surface area contributed by atoms with Gasteiger partial charge < -0.3 is 10.6 Å². The molecule has 3 heteroatoms. The van der Waals surface area contributed by atoms with E-state index in [1.807, 2.05) is 30.6 Å². The fourth-order valence-corrected chi connectivity index (χ4v) is 2.22. The van der Waals surface area contributed by atoms with Gasteiger partial charge in [0.25, 0.3) is 0 Å². The van der Waals surface area contributed by atoms with E-state index in [1.165, 1.54) is 16.8 Å². The van der Waals surface area contributed by atoms with Crippen molar-refractivity contribution in [3.8, 4) is 0 Å². The van der Waals surface area contributed by atoms with Crippen molar-refractivity contribution in [2.75, 3.05) is 10.6 Å². The Balaban J connectivity index is 2.29. The molecular weight excluding hydrogens is 234 g/mol. The molecule has 19 heavy (non-hydrogen) atoms. The van der Waals surface area contributed by atoms with Crippen molar-refractivity contribution in [3.63, 3.8) is 0 Å². The van der Waals surface area contributed by atoms with E-state index in [4.69, 9.17) is 5.73 Å². The van der Waals surface area contributed by atoms with Crippen LogP contribution in [0.3, 0.4) is 0 Å². The first-order chi connectivity index (χ1) is 9.08. The molecule has 0 amide bonds. The molecule has 100 valence electrons. The molecule has 0 unspecified atom stereocenters. The smallest absolute Gasteiger partial charge is 0.0433 e. The summed E-state index contributed by atoms with van der Waals surface area (Å²) < 4.78 is 0. The zero-order chi connectivity index (χ0) is 13.8. The number of pyridine rings is 1. The maximum absolute atomic E-state index is 5.85. The van der Waals surface area contributed by atoms with Crippen LogP contribution in [0, 0.1) is 6.92 Å². The van der Waals surface area contributed by atoms with Gasteiger partial charge in [-0.2, -0.15) is 0 Å². The van der Waals surface area contributed by atoms with Crippen LogP contribution in [0.15, 0.2) is 42.7 Å². The van der Waals surface area contributed by atoms with Crippen LogP contribution in [0.4, 0.5) is 11.4 Å². The minimum Gasteiger partial charge on any atom is -0.399 e. The number of benzene rings is 1. The van der Waals surface area contributed by atoms with Gasteiger partial charge in [-0.3, -0.25) is 4.98 Å². The highest BCUT2D eigenvalue weighted by Crippen LogP contribution is 2.23. The van der Waals surface area contributed by atoms with Gasteiger partial charge in [0.1, 0.15) is 0 Å². The third-order valence-electron chi connectivity index (χ3n) is 3.23. The van der Waals surface area contributed by atoms with Gasteiger partial charge in [-0.25, -0.2) is 0 Å². The molecule has 0 saturated heterocycles. The Labute approximate surface area is 115 Å². The summed E-state index contributed by atoms with van der Waals surface area (Å²) in [5.74, 6) is 0. The molecule has 0 bridgehead atoms. The molecule has 1 heterocycles. The number of hydrogen-bond donors (Lipinski definition) is 1. The minimum absolute atomic E-state index is 0.419. The molecular formula is C16H21N3. The summed E-state index contributed by atoms with van der Waals surface area (Å²) in [5.41, 5.74) is 10.3. The Morgan fingerprint density at radius 2 is 2.05 bits per heavy atom. The highest BCUT2D eigenvalue weighted by molar-refractivity contribution is 5.53. The first-order valence-corrected chi connectivity index (χ1v) is 6.59. The largest absolute Gasteiger partial charge is 0.399 e. The Morgan fingerprint density at radius 3 is 2.68 bits per heavy atom. The Bertz CT molecular complexity index is 549. The van der Waals surface area contributed by atoms with Crippen LogP contribution in [0.5, 0.6) is 0 Å². The molecule has 0 fully saturated rings. The fraction of sp³-hybridized carbons (Fsp3) is 0.312. The summed E-state index contributed by atoms with van der Waals surface area (Å²) in [6, 6.07) is 10.6. The van der Waals surface area contributed by atoms with Gasteiger partial charge in [-0.05, 0) is 50.1 Å². The van der Waals surface area contributed by atoms with Gasteiger partial charge in [-0.1, -0.05) is 12.1 Å². The second-order valence-electron chi connectivity index (χ2n) is 5.13. The summed E-state index contributed by atoms with van der Waals surface area (Å²) in [5, 5.41) is 0. The van der Waals surface area contributed by atoms with Crippen molar-refractivity contribution in [1.82, 2.24) is 4.98 Å². The number of rotatable bonds is 4. The molecule has 0 saturated carbocycles. The Kier molecular flexibility index (Phi) is 4.05. The standard InChI is InChI=1S/C16H21N3/c1-12(2)19(16-7-8-18-10-13(16)3)11-14-5-4-6-15(17)9-14/h4-10,12H,11,17H2,1-3H3. The lowest BCUT2D eigenvalue weighted by molar-refractivity contribution is 0.680. The van der Waals surface area contributed by atoms with Crippen molar-refractivity contribution in [1.29, 1.82) is 0 Å². The van der Waals surface area contributed by atoms with E-state index in [9.17, 15) is 0 Å². The SMILES string of the molecule is Cc1cnccc1N(Cc1cccc(N)c1)C(C)C.